The molecule has 144 valence electrons. The van der Waals surface area contributed by atoms with Gasteiger partial charge in [-0.1, -0.05) is 12.1 Å². The average molecular weight is 419 g/mol. The van der Waals surface area contributed by atoms with Crippen LogP contribution in [0.15, 0.2) is 63.7 Å². The Bertz CT molecular complexity index is 1170. The monoisotopic (exact) mass is 419 g/mol. The molecule has 1 aromatic heterocycles. The molecule has 0 aliphatic heterocycles. The van der Waals surface area contributed by atoms with Crippen molar-refractivity contribution in [2.75, 3.05) is 0 Å². The van der Waals surface area contributed by atoms with Crippen molar-refractivity contribution in [2.45, 2.75) is 15.5 Å². The SMILES string of the molecule is NC(=O)c1cc(S(=O)(=O)c2ccc(F)cc2)sc1CC(=O)c1ccccc1O. The van der Waals surface area contributed by atoms with Crippen LogP contribution in [-0.2, 0) is 16.3 Å². The summed E-state index contributed by atoms with van der Waals surface area (Å²) in [6.07, 6.45) is -0.306. The fraction of sp³-hybridized carbons (Fsp3) is 0.0526. The lowest BCUT2D eigenvalue weighted by atomic mass is 10.0. The largest absolute Gasteiger partial charge is 0.507 e. The topological polar surface area (TPSA) is 115 Å². The molecular formula is C19H14FNO5S2. The summed E-state index contributed by atoms with van der Waals surface area (Å²) in [5, 5.41) is 9.81. The van der Waals surface area contributed by atoms with E-state index in [1.54, 1.807) is 12.1 Å². The zero-order chi connectivity index (χ0) is 20.5. The van der Waals surface area contributed by atoms with Crippen LogP contribution in [0.5, 0.6) is 5.75 Å². The minimum absolute atomic E-state index is 0.0502. The Morgan fingerprint density at radius 1 is 1.04 bits per heavy atom. The maximum absolute atomic E-state index is 13.1. The van der Waals surface area contributed by atoms with E-state index in [1.165, 1.54) is 12.1 Å². The van der Waals surface area contributed by atoms with Gasteiger partial charge in [-0.25, -0.2) is 12.8 Å². The molecule has 1 heterocycles. The van der Waals surface area contributed by atoms with E-state index in [1.807, 2.05) is 0 Å². The number of phenolic OH excluding ortho intramolecular Hbond substituents is 1. The number of halogens is 1. The van der Waals surface area contributed by atoms with Crippen molar-refractivity contribution in [3.8, 4) is 5.75 Å². The van der Waals surface area contributed by atoms with Gasteiger partial charge in [-0.2, -0.15) is 0 Å². The fourth-order valence-electron chi connectivity index (χ4n) is 2.56. The smallest absolute Gasteiger partial charge is 0.249 e. The van der Waals surface area contributed by atoms with Gasteiger partial charge in [0.1, 0.15) is 15.8 Å². The summed E-state index contributed by atoms with van der Waals surface area (Å²) in [6.45, 7) is 0. The molecular weight excluding hydrogens is 405 g/mol. The number of Topliss-reactive ketones (excluding diaryl/α,β-unsaturated/α-hetero) is 1. The molecule has 0 aliphatic carbocycles. The first-order valence-electron chi connectivity index (χ1n) is 7.94. The van der Waals surface area contributed by atoms with E-state index < -0.39 is 27.3 Å². The molecule has 0 bridgehead atoms. The Kier molecular flexibility index (Phi) is 5.30. The normalized spacial score (nSPS) is 11.3. The quantitative estimate of drug-likeness (QED) is 0.471. The number of thiophene rings is 1. The number of rotatable bonds is 6. The van der Waals surface area contributed by atoms with Gasteiger partial charge in [-0.05, 0) is 42.5 Å². The van der Waals surface area contributed by atoms with Crippen LogP contribution in [-0.4, -0.2) is 25.2 Å². The second-order valence-corrected chi connectivity index (χ2v) is 9.15. The van der Waals surface area contributed by atoms with Crippen LogP contribution in [0.4, 0.5) is 4.39 Å². The van der Waals surface area contributed by atoms with E-state index in [-0.39, 0.29) is 37.3 Å². The van der Waals surface area contributed by atoms with Crippen LogP contribution in [0.1, 0.15) is 25.6 Å². The lowest BCUT2D eigenvalue weighted by molar-refractivity contribution is 0.0990. The number of nitrogens with two attached hydrogens (primary N) is 1. The van der Waals surface area contributed by atoms with Crippen molar-refractivity contribution in [2.24, 2.45) is 5.73 Å². The second-order valence-electron chi connectivity index (χ2n) is 5.84. The number of hydrogen-bond acceptors (Lipinski definition) is 6. The van der Waals surface area contributed by atoms with Crippen molar-refractivity contribution in [3.05, 3.63) is 76.4 Å². The Morgan fingerprint density at radius 2 is 1.68 bits per heavy atom. The predicted octanol–water partition coefficient (Wildman–Crippen LogP) is 2.95. The third-order valence-corrected chi connectivity index (χ3v) is 7.34. The number of benzene rings is 2. The summed E-state index contributed by atoms with van der Waals surface area (Å²) in [5.41, 5.74) is 5.30. The molecule has 0 radical (unpaired) electrons. The van der Waals surface area contributed by atoms with Gasteiger partial charge in [0, 0.05) is 11.3 Å². The molecule has 0 aliphatic rings. The zero-order valence-electron chi connectivity index (χ0n) is 14.3. The maximum Gasteiger partial charge on any atom is 0.249 e. The molecule has 2 aromatic carbocycles. The van der Waals surface area contributed by atoms with Crippen LogP contribution in [0.25, 0.3) is 0 Å². The number of amides is 1. The first kappa shape index (κ1) is 19.7. The lowest BCUT2D eigenvalue weighted by Crippen LogP contribution is -2.13. The third kappa shape index (κ3) is 3.80. The molecule has 1 amide bonds. The Labute approximate surface area is 164 Å². The van der Waals surface area contributed by atoms with Crippen LogP contribution in [0.3, 0.4) is 0 Å². The number of para-hydroxylation sites is 1. The molecule has 3 aromatic rings. The van der Waals surface area contributed by atoms with E-state index >= 15 is 0 Å². The van der Waals surface area contributed by atoms with E-state index in [4.69, 9.17) is 5.73 Å². The second kappa shape index (κ2) is 7.53. The lowest BCUT2D eigenvalue weighted by Gasteiger charge is -2.03. The van der Waals surface area contributed by atoms with Crippen LogP contribution in [0, 0.1) is 5.82 Å². The Hall–Kier alpha value is -3.04. The maximum atomic E-state index is 13.1. The van der Waals surface area contributed by atoms with Gasteiger partial charge in [0.05, 0.1) is 16.0 Å². The molecule has 3 N–H and O–H groups in total. The molecule has 6 nitrogen and oxygen atoms in total. The van der Waals surface area contributed by atoms with E-state index in [0.717, 1.165) is 41.7 Å². The number of hydrogen-bond donors (Lipinski definition) is 2. The van der Waals surface area contributed by atoms with Gasteiger partial charge in [0.25, 0.3) is 0 Å². The van der Waals surface area contributed by atoms with Crippen LogP contribution < -0.4 is 5.73 Å². The first-order chi connectivity index (χ1) is 13.2. The Balaban J connectivity index is 2.01. The fourth-order valence-corrected chi connectivity index (χ4v) is 5.48. The molecule has 9 heteroatoms. The number of carbonyl (C=O) groups excluding carboxylic acids is 2. The van der Waals surface area contributed by atoms with E-state index in [0.29, 0.717) is 0 Å². The minimum Gasteiger partial charge on any atom is -0.507 e. The van der Waals surface area contributed by atoms with Gasteiger partial charge in [0.15, 0.2) is 5.78 Å². The van der Waals surface area contributed by atoms with Crippen molar-refractivity contribution in [3.63, 3.8) is 0 Å². The van der Waals surface area contributed by atoms with Crippen LogP contribution >= 0.6 is 11.3 Å². The standard InChI is InChI=1S/C19H14FNO5S2/c20-11-5-7-12(8-6-11)28(25,26)18-9-14(19(21)24)17(27-18)10-16(23)13-3-1-2-4-15(13)22/h1-9,22H,10H2,(H2,21,24). The van der Waals surface area contributed by atoms with Crippen molar-refractivity contribution in [1.29, 1.82) is 0 Å². The van der Waals surface area contributed by atoms with Crippen molar-refractivity contribution in [1.82, 2.24) is 0 Å². The molecule has 0 atom stereocenters. The number of phenols is 1. The number of carbonyl (C=O) groups is 2. The van der Waals surface area contributed by atoms with Gasteiger partial charge in [-0.3, -0.25) is 9.59 Å². The first-order valence-corrected chi connectivity index (χ1v) is 10.2. The summed E-state index contributed by atoms with van der Waals surface area (Å²) in [4.78, 5) is 24.3. The molecule has 0 spiro atoms. The molecule has 28 heavy (non-hydrogen) atoms. The number of aromatic hydroxyl groups is 1. The summed E-state index contributed by atoms with van der Waals surface area (Å²) < 4.78 is 38.4. The molecule has 0 saturated carbocycles. The number of sulfone groups is 1. The zero-order valence-corrected chi connectivity index (χ0v) is 15.9. The third-order valence-electron chi connectivity index (χ3n) is 3.97. The van der Waals surface area contributed by atoms with E-state index in [2.05, 4.69) is 0 Å². The number of primary amides is 1. The summed E-state index contributed by atoms with van der Waals surface area (Å²) in [5.74, 6) is -2.18. The van der Waals surface area contributed by atoms with Crippen LogP contribution in [0.2, 0.25) is 0 Å². The van der Waals surface area contributed by atoms with Gasteiger partial charge in [-0.15, -0.1) is 11.3 Å². The predicted molar refractivity (Wildman–Crippen MR) is 101 cm³/mol. The highest BCUT2D eigenvalue weighted by atomic mass is 32.2. The molecule has 0 fully saturated rings. The highest BCUT2D eigenvalue weighted by molar-refractivity contribution is 7.93. The molecule has 0 saturated heterocycles. The summed E-state index contributed by atoms with van der Waals surface area (Å²) in [7, 11) is -4.02. The van der Waals surface area contributed by atoms with Gasteiger partial charge in [0.2, 0.25) is 15.7 Å². The highest BCUT2D eigenvalue weighted by Crippen LogP contribution is 2.32. The summed E-state index contributed by atoms with van der Waals surface area (Å²) >= 11 is 0.738. The number of ketones is 1. The van der Waals surface area contributed by atoms with Crippen molar-refractivity contribution < 1.29 is 27.5 Å². The molecule has 0 unspecified atom stereocenters. The molecule has 3 rings (SSSR count). The van der Waals surface area contributed by atoms with Gasteiger partial charge < -0.3 is 10.8 Å². The van der Waals surface area contributed by atoms with Crippen molar-refractivity contribution >= 4 is 32.9 Å². The summed E-state index contributed by atoms with van der Waals surface area (Å²) in [6, 6.07) is 11.3. The van der Waals surface area contributed by atoms with E-state index in [9.17, 15) is 27.5 Å². The highest BCUT2D eigenvalue weighted by Gasteiger charge is 2.26. The average Bonchev–Trinajstić information content (AvgIpc) is 3.07. The Morgan fingerprint density at radius 3 is 2.29 bits per heavy atom. The minimum atomic E-state index is -4.02. The van der Waals surface area contributed by atoms with Gasteiger partial charge >= 0.3 is 0 Å².